The summed E-state index contributed by atoms with van der Waals surface area (Å²) in [6.07, 6.45) is 4.86. The first-order valence-corrected chi connectivity index (χ1v) is 7.26. The molecule has 98 valence electrons. The lowest BCUT2D eigenvalue weighted by atomic mass is 9.78. The summed E-state index contributed by atoms with van der Waals surface area (Å²) in [5.41, 5.74) is 8.61. The summed E-state index contributed by atoms with van der Waals surface area (Å²) in [4.78, 5) is 0. The first-order valence-electron chi connectivity index (χ1n) is 6.47. The molecule has 1 aliphatic heterocycles. The summed E-state index contributed by atoms with van der Waals surface area (Å²) in [5, 5.41) is 0. The molecule has 0 spiro atoms. The van der Waals surface area contributed by atoms with Crippen LogP contribution in [0.15, 0.2) is 10.5 Å². The van der Waals surface area contributed by atoms with E-state index in [1.807, 2.05) is 0 Å². The Labute approximate surface area is 116 Å². The predicted molar refractivity (Wildman–Crippen MR) is 74.2 cm³/mol. The number of ether oxygens (including phenoxy) is 2. The summed E-state index contributed by atoms with van der Waals surface area (Å²) < 4.78 is 12.2. The molecule has 3 rings (SSSR count). The molecule has 1 saturated carbocycles. The van der Waals surface area contributed by atoms with Gasteiger partial charge in [0.2, 0.25) is 6.79 Å². The van der Waals surface area contributed by atoms with Crippen LogP contribution >= 0.6 is 15.9 Å². The van der Waals surface area contributed by atoms with E-state index in [9.17, 15) is 0 Å². The third-order valence-electron chi connectivity index (χ3n) is 4.35. The minimum absolute atomic E-state index is 0.116. The van der Waals surface area contributed by atoms with Gasteiger partial charge in [-0.3, -0.25) is 0 Å². The molecular formula is C14H18BrNO2. The van der Waals surface area contributed by atoms with Crippen LogP contribution in [0.5, 0.6) is 11.5 Å². The van der Waals surface area contributed by atoms with E-state index >= 15 is 0 Å². The minimum Gasteiger partial charge on any atom is -0.454 e. The smallest absolute Gasteiger partial charge is 0.231 e. The van der Waals surface area contributed by atoms with E-state index in [2.05, 4.69) is 28.9 Å². The number of hydrogen-bond acceptors (Lipinski definition) is 3. The molecule has 3 nitrogen and oxygen atoms in total. The third-order valence-corrected chi connectivity index (χ3v) is 5.37. The van der Waals surface area contributed by atoms with Crippen LogP contribution in [-0.2, 0) is 5.41 Å². The van der Waals surface area contributed by atoms with Gasteiger partial charge in [0.1, 0.15) is 0 Å². The SMILES string of the molecule is Cc1c(Br)c(C2(CN)CCCC2)cc2c1OCO2. The van der Waals surface area contributed by atoms with E-state index in [1.54, 1.807) is 0 Å². The summed E-state index contributed by atoms with van der Waals surface area (Å²) in [7, 11) is 0. The van der Waals surface area contributed by atoms with Gasteiger partial charge >= 0.3 is 0 Å². The molecule has 2 N–H and O–H groups in total. The Bertz CT molecular complexity index is 481. The molecule has 0 aromatic heterocycles. The molecule has 1 aliphatic carbocycles. The fourth-order valence-corrected chi connectivity index (χ4v) is 3.92. The van der Waals surface area contributed by atoms with E-state index in [4.69, 9.17) is 15.2 Å². The summed E-state index contributed by atoms with van der Waals surface area (Å²) >= 11 is 3.73. The van der Waals surface area contributed by atoms with Crippen LogP contribution in [0.25, 0.3) is 0 Å². The molecule has 18 heavy (non-hydrogen) atoms. The van der Waals surface area contributed by atoms with Crippen molar-refractivity contribution in [1.82, 2.24) is 0 Å². The molecule has 0 bridgehead atoms. The Hall–Kier alpha value is -0.740. The maximum Gasteiger partial charge on any atom is 0.231 e. The maximum atomic E-state index is 6.07. The van der Waals surface area contributed by atoms with E-state index in [0.29, 0.717) is 13.3 Å². The van der Waals surface area contributed by atoms with Crippen molar-refractivity contribution in [1.29, 1.82) is 0 Å². The molecule has 1 fully saturated rings. The molecule has 4 heteroatoms. The monoisotopic (exact) mass is 311 g/mol. The lowest BCUT2D eigenvalue weighted by Crippen LogP contribution is -2.32. The number of benzene rings is 1. The maximum absolute atomic E-state index is 6.07. The zero-order chi connectivity index (χ0) is 12.8. The molecular weight excluding hydrogens is 294 g/mol. The van der Waals surface area contributed by atoms with Crippen molar-refractivity contribution in [3.8, 4) is 11.5 Å². The Morgan fingerprint density at radius 1 is 1.33 bits per heavy atom. The lowest BCUT2D eigenvalue weighted by Gasteiger charge is -2.30. The van der Waals surface area contributed by atoms with E-state index in [0.717, 1.165) is 21.5 Å². The van der Waals surface area contributed by atoms with Crippen molar-refractivity contribution in [2.24, 2.45) is 5.73 Å². The van der Waals surface area contributed by atoms with Gasteiger partial charge in [0, 0.05) is 22.0 Å². The van der Waals surface area contributed by atoms with Crippen molar-refractivity contribution in [3.05, 3.63) is 21.7 Å². The van der Waals surface area contributed by atoms with Crippen molar-refractivity contribution >= 4 is 15.9 Å². The zero-order valence-corrected chi connectivity index (χ0v) is 12.2. The number of halogens is 1. The highest BCUT2D eigenvalue weighted by molar-refractivity contribution is 9.10. The summed E-state index contributed by atoms with van der Waals surface area (Å²) in [5.74, 6) is 1.74. The van der Waals surface area contributed by atoms with Crippen LogP contribution in [0.4, 0.5) is 0 Å². The van der Waals surface area contributed by atoms with Gasteiger partial charge in [-0.1, -0.05) is 28.8 Å². The van der Waals surface area contributed by atoms with Crippen LogP contribution in [0.3, 0.4) is 0 Å². The van der Waals surface area contributed by atoms with Gasteiger partial charge < -0.3 is 15.2 Å². The van der Waals surface area contributed by atoms with Crippen molar-refractivity contribution in [3.63, 3.8) is 0 Å². The largest absolute Gasteiger partial charge is 0.454 e. The first-order chi connectivity index (χ1) is 8.68. The Kier molecular flexibility index (Phi) is 3.02. The fourth-order valence-electron chi connectivity index (χ4n) is 3.21. The number of hydrogen-bond donors (Lipinski definition) is 1. The molecule has 0 amide bonds. The molecule has 0 saturated heterocycles. The van der Waals surface area contributed by atoms with E-state index in [1.165, 1.54) is 31.2 Å². The highest BCUT2D eigenvalue weighted by atomic mass is 79.9. The zero-order valence-electron chi connectivity index (χ0n) is 10.6. The molecule has 1 aromatic carbocycles. The normalized spacial score (nSPS) is 20.4. The summed E-state index contributed by atoms with van der Waals surface area (Å²) in [6.45, 7) is 3.09. The first kappa shape index (κ1) is 12.3. The van der Waals surface area contributed by atoms with Crippen molar-refractivity contribution < 1.29 is 9.47 Å². The molecule has 1 heterocycles. The second-order valence-electron chi connectivity index (χ2n) is 5.29. The van der Waals surface area contributed by atoms with Gasteiger partial charge in [0.05, 0.1) is 0 Å². The molecule has 1 aromatic rings. The standard InChI is InChI=1S/C14H18BrNO2/c1-9-12(15)10(6-11-13(9)18-8-17-11)14(7-16)4-2-3-5-14/h6H,2-5,7-8,16H2,1H3. The Morgan fingerprint density at radius 2 is 2.06 bits per heavy atom. The van der Waals surface area contributed by atoms with E-state index in [-0.39, 0.29) is 5.41 Å². The van der Waals surface area contributed by atoms with Gasteiger partial charge in [0.25, 0.3) is 0 Å². The minimum atomic E-state index is 0.116. The van der Waals surface area contributed by atoms with E-state index < -0.39 is 0 Å². The molecule has 0 atom stereocenters. The molecule has 0 unspecified atom stereocenters. The van der Waals surface area contributed by atoms with Crippen LogP contribution < -0.4 is 15.2 Å². The van der Waals surface area contributed by atoms with Gasteiger partial charge in [-0.2, -0.15) is 0 Å². The predicted octanol–water partition coefficient (Wildman–Crippen LogP) is 3.26. The highest BCUT2D eigenvalue weighted by Gasteiger charge is 2.38. The molecule has 0 radical (unpaired) electrons. The number of nitrogens with two attached hydrogens (primary N) is 1. The van der Waals surface area contributed by atoms with Gasteiger partial charge in [0.15, 0.2) is 11.5 Å². The van der Waals surface area contributed by atoms with Crippen LogP contribution in [-0.4, -0.2) is 13.3 Å². The average molecular weight is 312 g/mol. The second-order valence-corrected chi connectivity index (χ2v) is 6.08. The van der Waals surface area contributed by atoms with Gasteiger partial charge in [-0.05, 0) is 31.4 Å². The number of rotatable bonds is 2. The lowest BCUT2D eigenvalue weighted by molar-refractivity contribution is 0.173. The van der Waals surface area contributed by atoms with Crippen LogP contribution in [0.1, 0.15) is 36.8 Å². The van der Waals surface area contributed by atoms with Crippen molar-refractivity contribution in [2.45, 2.75) is 38.0 Å². The third kappa shape index (κ3) is 1.66. The fraction of sp³-hybridized carbons (Fsp3) is 0.571. The Balaban J connectivity index is 2.15. The number of fused-ring (bicyclic) bond motifs is 1. The van der Waals surface area contributed by atoms with Gasteiger partial charge in [-0.25, -0.2) is 0 Å². The highest BCUT2D eigenvalue weighted by Crippen LogP contribution is 2.49. The second kappa shape index (κ2) is 4.42. The summed E-state index contributed by atoms with van der Waals surface area (Å²) in [6, 6.07) is 2.12. The quantitative estimate of drug-likeness (QED) is 0.911. The van der Waals surface area contributed by atoms with Gasteiger partial charge in [-0.15, -0.1) is 0 Å². The Morgan fingerprint density at radius 3 is 2.72 bits per heavy atom. The van der Waals surface area contributed by atoms with Crippen molar-refractivity contribution in [2.75, 3.05) is 13.3 Å². The topological polar surface area (TPSA) is 44.5 Å². The average Bonchev–Trinajstić information content (AvgIpc) is 3.02. The van der Waals surface area contributed by atoms with Crippen LogP contribution in [0.2, 0.25) is 0 Å². The molecule has 2 aliphatic rings. The van der Waals surface area contributed by atoms with Crippen LogP contribution in [0, 0.1) is 6.92 Å².